The molecule has 146 valence electrons. The molecule has 0 bridgehead atoms. The van der Waals surface area contributed by atoms with Crippen molar-refractivity contribution in [3.8, 4) is 5.75 Å². The standard InChI is InChI=1S/C17H24O8S/c1-9(18)8-12-13(20)14(21)15(22)17(25-12)26-7-6-24-16(23)10-4-2-3-5-11(10)19/h2-5,9,12-15,17-22H,6-8H2,1H3/t9-,12-,13+,14+,15-,17-/m1/s1. The van der Waals surface area contributed by atoms with Crippen molar-refractivity contribution in [2.75, 3.05) is 12.4 Å². The Morgan fingerprint density at radius 2 is 1.92 bits per heavy atom. The minimum atomic E-state index is -1.39. The number of hydrogen-bond acceptors (Lipinski definition) is 9. The molecule has 0 aromatic heterocycles. The van der Waals surface area contributed by atoms with Crippen LogP contribution in [0, 0.1) is 0 Å². The highest BCUT2D eigenvalue weighted by molar-refractivity contribution is 7.99. The van der Waals surface area contributed by atoms with Crippen LogP contribution in [-0.2, 0) is 9.47 Å². The first-order valence-corrected chi connectivity index (χ1v) is 9.30. The number of benzene rings is 1. The van der Waals surface area contributed by atoms with Gasteiger partial charge in [-0.15, -0.1) is 11.8 Å². The number of phenolic OH excluding ortho intramolecular Hbond substituents is 1. The first kappa shape index (κ1) is 20.9. The van der Waals surface area contributed by atoms with Crippen LogP contribution in [0.5, 0.6) is 5.75 Å². The smallest absolute Gasteiger partial charge is 0.341 e. The zero-order valence-electron chi connectivity index (χ0n) is 14.3. The fourth-order valence-corrected chi connectivity index (χ4v) is 3.60. The van der Waals surface area contributed by atoms with Crippen molar-refractivity contribution in [3.63, 3.8) is 0 Å². The van der Waals surface area contributed by atoms with Gasteiger partial charge in [0, 0.05) is 12.2 Å². The fraction of sp³-hybridized carbons (Fsp3) is 0.588. The average molecular weight is 388 g/mol. The monoisotopic (exact) mass is 388 g/mol. The van der Waals surface area contributed by atoms with Crippen LogP contribution in [-0.4, -0.2) is 79.8 Å². The van der Waals surface area contributed by atoms with E-state index < -0.39 is 41.9 Å². The lowest BCUT2D eigenvalue weighted by Crippen LogP contribution is -2.57. The summed E-state index contributed by atoms with van der Waals surface area (Å²) < 4.78 is 10.6. The number of rotatable bonds is 7. The molecule has 5 N–H and O–H groups in total. The number of carbonyl (C=O) groups excluding carboxylic acids is 1. The Hall–Kier alpha value is -1.36. The van der Waals surface area contributed by atoms with Gasteiger partial charge in [-0.25, -0.2) is 4.79 Å². The molecule has 26 heavy (non-hydrogen) atoms. The Labute approximate surface area is 155 Å². The third-order valence-corrected chi connectivity index (χ3v) is 5.09. The van der Waals surface area contributed by atoms with Crippen LogP contribution < -0.4 is 0 Å². The van der Waals surface area contributed by atoms with Gasteiger partial charge in [-0.05, 0) is 19.1 Å². The van der Waals surface area contributed by atoms with Crippen molar-refractivity contribution in [2.24, 2.45) is 0 Å². The molecule has 6 atom stereocenters. The van der Waals surface area contributed by atoms with Gasteiger partial charge in [0.05, 0.1) is 12.2 Å². The van der Waals surface area contributed by atoms with Gasteiger partial charge in [-0.2, -0.15) is 0 Å². The number of carbonyl (C=O) groups is 1. The molecular weight excluding hydrogens is 364 g/mol. The summed E-state index contributed by atoms with van der Waals surface area (Å²) in [4.78, 5) is 11.9. The molecule has 9 heteroatoms. The number of aliphatic hydroxyl groups excluding tert-OH is 4. The lowest BCUT2D eigenvalue weighted by Gasteiger charge is -2.40. The molecule has 1 aromatic rings. The van der Waals surface area contributed by atoms with Crippen molar-refractivity contribution >= 4 is 17.7 Å². The molecule has 1 heterocycles. The third-order valence-electron chi connectivity index (χ3n) is 3.96. The number of ether oxygens (including phenoxy) is 2. The largest absolute Gasteiger partial charge is 0.507 e. The van der Waals surface area contributed by atoms with E-state index in [-0.39, 0.29) is 30.1 Å². The lowest BCUT2D eigenvalue weighted by molar-refractivity contribution is -0.203. The summed E-state index contributed by atoms with van der Waals surface area (Å²) >= 11 is 1.12. The molecule has 0 radical (unpaired) electrons. The van der Waals surface area contributed by atoms with Gasteiger partial charge in [-0.1, -0.05) is 12.1 Å². The van der Waals surface area contributed by atoms with Crippen LogP contribution in [0.4, 0.5) is 0 Å². The van der Waals surface area contributed by atoms with Crippen LogP contribution in [0.25, 0.3) is 0 Å². The molecule has 0 aliphatic carbocycles. The number of aliphatic hydroxyl groups is 4. The second kappa shape index (κ2) is 9.54. The Balaban J connectivity index is 1.82. The van der Waals surface area contributed by atoms with Gasteiger partial charge in [0.15, 0.2) is 0 Å². The van der Waals surface area contributed by atoms with Crippen molar-refractivity contribution in [1.29, 1.82) is 0 Å². The van der Waals surface area contributed by atoms with E-state index in [1.807, 2.05) is 0 Å². The van der Waals surface area contributed by atoms with Crippen molar-refractivity contribution in [3.05, 3.63) is 29.8 Å². The van der Waals surface area contributed by atoms with Crippen molar-refractivity contribution in [2.45, 2.75) is 49.3 Å². The first-order valence-electron chi connectivity index (χ1n) is 8.25. The number of thioether (sulfide) groups is 1. The maximum atomic E-state index is 11.9. The normalized spacial score (nSPS) is 30.0. The molecule has 1 saturated heterocycles. The van der Waals surface area contributed by atoms with Gasteiger partial charge in [0.1, 0.15) is 41.7 Å². The lowest BCUT2D eigenvalue weighted by atomic mass is 9.96. The van der Waals surface area contributed by atoms with E-state index in [2.05, 4.69) is 0 Å². The summed E-state index contributed by atoms with van der Waals surface area (Å²) in [7, 11) is 0. The predicted molar refractivity (Wildman–Crippen MR) is 93.8 cm³/mol. The van der Waals surface area contributed by atoms with E-state index in [1.165, 1.54) is 19.1 Å². The molecular formula is C17H24O8S. The Bertz CT molecular complexity index is 596. The molecule has 1 aliphatic heterocycles. The van der Waals surface area contributed by atoms with E-state index >= 15 is 0 Å². The zero-order chi connectivity index (χ0) is 19.3. The molecule has 0 amide bonds. The number of phenols is 1. The summed E-state index contributed by atoms with van der Waals surface area (Å²) in [5.74, 6) is -0.573. The highest BCUT2D eigenvalue weighted by Gasteiger charge is 2.43. The SMILES string of the molecule is C[C@@H](O)C[C@H]1O[C@H](SCCOC(=O)c2ccccc2O)[C@H](O)[C@@H](O)[C@H]1O. The minimum Gasteiger partial charge on any atom is -0.507 e. The number of esters is 1. The molecule has 0 spiro atoms. The maximum absolute atomic E-state index is 11.9. The summed E-state index contributed by atoms with van der Waals surface area (Å²) in [5, 5.41) is 48.9. The molecule has 2 rings (SSSR count). The van der Waals surface area contributed by atoms with Crippen LogP contribution in [0.3, 0.4) is 0 Å². The quantitative estimate of drug-likeness (QED) is 0.319. The Morgan fingerprint density at radius 3 is 2.58 bits per heavy atom. The zero-order valence-corrected chi connectivity index (χ0v) is 15.1. The second-order valence-corrected chi connectivity index (χ2v) is 7.33. The van der Waals surface area contributed by atoms with Crippen LogP contribution in [0.2, 0.25) is 0 Å². The van der Waals surface area contributed by atoms with E-state index in [1.54, 1.807) is 12.1 Å². The van der Waals surface area contributed by atoms with E-state index in [9.17, 15) is 30.3 Å². The van der Waals surface area contributed by atoms with E-state index in [0.717, 1.165) is 11.8 Å². The molecule has 8 nitrogen and oxygen atoms in total. The minimum absolute atomic E-state index is 0.00410. The van der Waals surface area contributed by atoms with Gasteiger partial charge < -0.3 is 35.0 Å². The molecule has 0 unspecified atom stereocenters. The van der Waals surface area contributed by atoms with Gasteiger partial charge in [0.2, 0.25) is 0 Å². The summed E-state index contributed by atoms with van der Waals surface area (Å²) in [6.07, 6.45) is -5.43. The van der Waals surface area contributed by atoms with Crippen LogP contribution in [0.15, 0.2) is 24.3 Å². The summed E-state index contributed by atoms with van der Waals surface area (Å²) in [6, 6.07) is 6.02. The highest BCUT2D eigenvalue weighted by atomic mass is 32.2. The van der Waals surface area contributed by atoms with Crippen molar-refractivity contribution in [1.82, 2.24) is 0 Å². The molecule has 1 aliphatic rings. The van der Waals surface area contributed by atoms with Gasteiger partial charge in [-0.3, -0.25) is 0 Å². The highest BCUT2D eigenvalue weighted by Crippen LogP contribution is 2.30. The van der Waals surface area contributed by atoms with E-state index in [4.69, 9.17) is 9.47 Å². The Morgan fingerprint density at radius 1 is 1.23 bits per heavy atom. The molecule has 0 saturated carbocycles. The number of aromatic hydroxyl groups is 1. The summed E-state index contributed by atoms with van der Waals surface area (Å²) in [6.45, 7) is 1.54. The van der Waals surface area contributed by atoms with Crippen LogP contribution >= 0.6 is 11.8 Å². The number of para-hydroxylation sites is 1. The topological polar surface area (TPSA) is 137 Å². The van der Waals surface area contributed by atoms with Gasteiger partial charge in [0.25, 0.3) is 0 Å². The Kier molecular flexibility index (Phi) is 7.69. The average Bonchev–Trinajstić information content (AvgIpc) is 2.60. The third kappa shape index (κ3) is 5.32. The van der Waals surface area contributed by atoms with Gasteiger partial charge >= 0.3 is 5.97 Å². The van der Waals surface area contributed by atoms with Crippen LogP contribution in [0.1, 0.15) is 23.7 Å². The summed E-state index contributed by atoms with van der Waals surface area (Å²) in [5.41, 5.74) is -0.775. The predicted octanol–water partition coefficient (Wildman–Crippen LogP) is -0.139. The second-order valence-electron chi connectivity index (χ2n) is 6.12. The molecule has 1 fully saturated rings. The maximum Gasteiger partial charge on any atom is 0.341 e. The first-order chi connectivity index (χ1) is 12.3. The number of hydrogen-bond donors (Lipinski definition) is 5. The fourth-order valence-electron chi connectivity index (χ4n) is 2.61. The van der Waals surface area contributed by atoms with Crippen molar-refractivity contribution < 1.29 is 39.8 Å². The molecule has 1 aromatic carbocycles. The van der Waals surface area contributed by atoms with E-state index in [0.29, 0.717) is 0 Å².